The average Bonchev–Trinajstić information content (AvgIpc) is 2.38. The second kappa shape index (κ2) is 5.36. The molecule has 0 atom stereocenters. The van der Waals surface area contributed by atoms with Crippen molar-refractivity contribution in [2.75, 3.05) is 13.1 Å². The standard InChI is InChI=1S/C12H12ClF3N2O/c13-9-6-8(12(14,15)16)7-17-10(9)11(19)18-4-2-1-3-5-18/h6-7H,1-5H2. The van der Waals surface area contributed by atoms with Crippen molar-refractivity contribution in [2.24, 2.45) is 0 Å². The first-order valence-corrected chi connectivity index (χ1v) is 6.29. The average molecular weight is 293 g/mol. The number of alkyl halides is 3. The third-order valence-electron chi connectivity index (χ3n) is 3.01. The van der Waals surface area contributed by atoms with Crippen LogP contribution in [-0.2, 0) is 6.18 Å². The van der Waals surface area contributed by atoms with E-state index >= 15 is 0 Å². The van der Waals surface area contributed by atoms with Crippen LogP contribution in [0.4, 0.5) is 13.2 Å². The molecule has 1 aliphatic heterocycles. The maximum Gasteiger partial charge on any atom is 0.417 e. The number of likely N-dealkylation sites (tertiary alicyclic amines) is 1. The van der Waals surface area contributed by atoms with E-state index in [1.807, 2.05) is 0 Å². The summed E-state index contributed by atoms with van der Waals surface area (Å²) in [6.07, 6.45) is -1.03. The number of piperidine rings is 1. The van der Waals surface area contributed by atoms with Crippen LogP contribution >= 0.6 is 11.6 Å². The lowest BCUT2D eigenvalue weighted by Gasteiger charge is -2.26. The summed E-state index contributed by atoms with van der Waals surface area (Å²) < 4.78 is 37.4. The Hall–Kier alpha value is -1.30. The quantitative estimate of drug-likeness (QED) is 0.795. The van der Waals surface area contributed by atoms with E-state index in [4.69, 9.17) is 11.6 Å². The lowest BCUT2D eigenvalue weighted by molar-refractivity contribution is -0.137. The van der Waals surface area contributed by atoms with Gasteiger partial charge in [0.05, 0.1) is 10.6 Å². The zero-order valence-electron chi connectivity index (χ0n) is 10.0. The molecule has 104 valence electrons. The number of rotatable bonds is 1. The van der Waals surface area contributed by atoms with Crippen molar-refractivity contribution in [1.82, 2.24) is 9.88 Å². The first-order chi connectivity index (χ1) is 8.89. The van der Waals surface area contributed by atoms with E-state index in [0.717, 1.165) is 25.3 Å². The molecule has 0 saturated carbocycles. The zero-order chi connectivity index (χ0) is 14.0. The third-order valence-corrected chi connectivity index (χ3v) is 3.30. The number of pyridine rings is 1. The predicted molar refractivity (Wildman–Crippen MR) is 64.0 cm³/mol. The maximum absolute atomic E-state index is 12.5. The topological polar surface area (TPSA) is 33.2 Å². The molecule has 3 nitrogen and oxygen atoms in total. The molecule has 1 amide bonds. The highest BCUT2D eigenvalue weighted by atomic mass is 35.5. The molecular weight excluding hydrogens is 281 g/mol. The van der Waals surface area contributed by atoms with Gasteiger partial charge in [-0.2, -0.15) is 13.2 Å². The smallest absolute Gasteiger partial charge is 0.337 e. The Morgan fingerprint density at radius 2 is 1.89 bits per heavy atom. The molecule has 0 spiro atoms. The fourth-order valence-corrected chi connectivity index (χ4v) is 2.24. The van der Waals surface area contributed by atoms with Crippen LogP contribution in [0.5, 0.6) is 0 Å². The largest absolute Gasteiger partial charge is 0.417 e. The Morgan fingerprint density at radius 1 is 1.26 bits per heavy atom. The summed E-state index contributed by atoms with van der Waals surface area (Å²) in [4.78, 5) is 17.2. The monoisotopic (exact) mass is 292 g/mol. The van der Waals surface area contributed by atoms with Crippen molar-refractivity contribution >= 4 is 17.5 Å². The summed E-state index contributed by atoms with van der Waals surface area (Å²) >= 11 is 5.74. The Balaban J connectivity index is 2.23. The fraction of sp³-hybridized carbons (Fsp3) is 0.500. The maximum atomic E-state index is 12.5. The summed E-state index contributed by atoms with van der Waals surface area (Å²) in [5.74, 6) is -0.404. The van der Waals surface area contributed by atoms with Crippen LogP contribution in [0.3, 0.4) is 0 Å². The van der Waals surface area contributed by atoms with E-state index in [1.54, 1.807) is 4.90 Å². The molecular formula is C12H12ClF3N2O. The number of carbonyl (C=O) groups excluding carboxylic acids is 1. The van der Waals surface area contributed by atoms with E-state index in [-0.39, 0.29) is 10.7 Å². The van der Waals surface area contributed by atoms with Gasteiger partial charge in [0, 0.05) is 19.3 Å². The minimum Gasteiger partial charge on any atom is -0.337 e. The second-order valence-corrected chi connectivity index (χ2v) is 4.81. The van der Waals surface area contributed by atoms with E-state index in [2.05, 4.69) is 4.98 Å². The highest BCUT2D eigenvalue weighted by Crippen LogP contribution is 2.31. The van der Waals surface area contributed by atoms with Gasteiger partial charge < -0.3 is 4.90 Å². The van der Waals surface area contributed by atoms with Gasteiger partial charge in [-0.1, -0.05) is 11.6 Å². The molecule has 0 aromatic carbocycles. The van der Waals surface area contributed by atoms with E-state index in [9.17, 15) is 18.0 Å². The Labute approximate surface area is 113 Å². The van der Waals surface area contributed by atoms with Crippen LogP contribution in [0, 0.1) is 0 Å². The van der Waals surface area contributed by atoms with E-state index < -0.39 is 17.6 Å². The normalized spacial score (nSPS) is 16.5. The zero-order valence-corrected chi connectivity index (χ0v) is 10.8. The summed E-state index contributed by atoms with van der Waals surface area (Å²) in [5, 5.41) is -0.259. The van der Waals surface area contributed by atoms with Crippen LogP contribution in [0.25, 0.3) is 0 Å². The molecule has 7 heteroatoms. The Bertz CT molecular complexity index is 484. The molecule has 0 aliphatic carbocycles. The number of aromatic nitrogens is 1. The highest BCUT2D eigenvalue weighted by Gasteiger charge is 2.32. The van der Waals surface area contributed by atoms with Gasteiger partial charge >= 0.3 is 6.18 Å². The van der Waals surface area contributed by atoms with Crippen LogP contribution in [0.1, 0.15) is 35.3 Å². The van der Waals surface area contributed by atoms with Crippen molar-refractivity contribution in [2.45, 2.75) is 25.4 Å². The Morgan fingerprint density at radius 3 is 2.42 bits per heavy atom. The highest BCUT2D eigenvalue weighted by molar-refractivity contribution is 6.33. The van der Waals surface area contributed by atoms with Gasteiger partial charge in [0.15, 0.2) is 0 Å². The molecule has 0 unspecified atom stereocenters. The summed E-state index contributed by atoms with van der Waals surface area (Å²) in [6.45, 7) is 1.19. The molecule has 1 aromatic heterocycles. The predicted octanol–water partition coefficient (Wildman–Crippen LogP) is 3.38. The van der Waals surface area contributed by atoms with E-state index in [0.29, 0.717) is 19.3 Å². The minimum absolute atomic E-state index is 0.114. The van der Waals surface area contributed by atoms with E-state index in [1.165, 1.54) is 0 Å². The van der Waals surface area contributed by atoms with Crippen molar-refractivity contribution in [1.29, 1.82) is 0 Å². The number of carbonyl (C=O) groups is 1. The molecule has 0 radical (unpaired) electrons. The molecule has 0 N–H and O–H groups in total. The Kier molecular flexibility index (Phi) is 3.99. The number of hydrogen-bond donors (Lipinski definition) is 0. The second-order valence-electron chi connectivity index (χ2n) is 4.41. The van der Waals surface area contributed by atoms with Gasteiger partial charge in [-0.25, -0.2) is 4.98 Å². The summed E-state index contributed by atoms with van der Waals surface area (Å²) in [5.41, 5.74) is -1.07. The molecule has 2 heterocycles. The van der Waals surface area contributed by atoms with Crippen LogP contribution in [-0.4, -0.2) is 28.9 Å². The summed E-state index contributed by atoms with van der Waals surface area (Å²) in [6, 6.07) is 0.742. The molecule has 2 rings (SSSR count). The molecule has 1 fully saturated rings. The number of amides is 1. The van der Waals surface area contributed by atoms with Crippen molar-refractivity contribution in [3.63, 3.8) is 0 Å². The van der Waals surface area contributed by atoms with Crippen LogP contribution in [0.15, 0.2) is 12.3 Å². The fourth-order valence-electron chi connectivity index (χ4n) is 2.00. The van der Waals surface area contributed by atoms with Gasteiger partial charge in [-0.05, 0) is 25.3 Å². The summed E-state index contributed by atoms with van der Waals surface area (Å²) in [7, 11) is 0. The van der Waals surface area contributed by atoms with Crippen molar-refractivity contribution < 1.29 is 18.0 Å². The number of halogens is 4. The van der Waals surface area contributed by atoms with Crippen LogP contribution in [0.2, 0.25) is 5.02 Å². The first-order valence-electron chi connectivity index (χ1n) is 5.91. The first kappa shape index (κ1) is 14.1. The van der Waals surface area contributed by atoms with Crippen molar-refractivity contribution in [3.05, 3.63) is 28.5 Å². The minimum atomic E-state index is -4.51. The molecule has 19 heavy (non-hydrogen) atoms. The SMILES string of the molecule is O=C(c1ncc(C(F)(F)F)cc1Cl)N1CCCCC1. The number of nitrogens with zero attached hydrogens (tertiary/aromatic N) is 2. The molecule has 1 aromatic rings. The molecule has 0 bridgehead atoms. The molecule has 1 aliphatic rings. The van der Waals surface area contributed by atoms with Crippen molar-refractivity contribution in [3.8, 4) is 0 Å². The third kappa shape index (κ3) is 3.18. The van der Waals surface area contributed by atoms with Gasteiger partial charge in [0.25, 0.3) is 5.91 Å². The lowest BCUT2D eigenvalue weighted by Crippen LogP contribution is -2.36. The van der Waals surface area contributed by atoms with Crippen LogP contribution < -0.4 is 0 Å². The lowest BCUT2D eigenvalue weighted by atomic mass is 10.1. The van der Waals surface area contributed by atoms with Gasteiger partial charge in [-0.3, -0.25) is 4.79 Å². The number of hydrogen-bond acceptors (Lipinski definition) is 2. The van der Waals surface area contributed by atoms with Gasteiger partial charge in [0.2, 0.25) is 0 Å². The van der Waals surface area contributed by atoms with Gasteiger partial charge in [0.1, 0.15) is 5.69 Å². The van der Waals surface area contributed by atoms with Gasteiger partial charge in [-0.15, -0.1) is 0 Å². The molecule has 1 saturated heterocycles.